The molecule has 3 rings (SSSR count). The molecule has 0 aliphatic heterocycles. The molecule has 0 aromatic carbocycles. The minimum Gasteiger partial charge on any atom is -0.370 e. The molecule has 0 unspecified atom stereocenters. The van der Waals surface area contributed by atoms with Crippen LogP contribution >= 0.6 is 24.0 Å². The van der Waals surface area contributed by atoms with Gasteiger partial charge in [-0.05, 0) is 30.9 Å². The average Bonchev–Trinajstić information content (AvgIpc) is 2.85. The Kier molecular flexibility index (Phi) is 5.88. The largest absolute Gasteiger partial charge is 0.417 e. The van der Waals surface area contributed by atoms with E-state index in [0.717, 1.165) is 18.8 Å². The van der Waals surface area contributed by atoms with E-state index in [1.807, 2.05) is 0 Å². The van der Waals surface area contributed by atoms with Gasteiger partial charge in [0.25, 0.3) is 0 Å². The van der Waals surface area contributed by atoms with Crippen LogP contribution < -0.4 is 11.1 Å². The Hall–Kier alpha value is -1.59. The third-order valence-electron chi connectivity index (χ3n) is 3.99. The zero-order chi connectivity index (χ0) is 16.4. The molecule has 132 valence electrons. The highest BCUT2D eigenvalue weighted by Crippen LogP contribution is 2.29. The van der Waals surface area contributed by atoms with E-state index in [1.54, 1.807) is 0 Å². The van der Waals surface area contributed by atoms with Gasteiger partial charge in [-0.25, -0.2) is 4.99 Å². The van der Waals surface area contributed by atoms with Crippen LogP contribution in [0, 0.1) is 5.92 Å². The van der Waals surface area contributed by atoms with Gasteiger partial charge in [0.1, 0.15) is 6.54 Å². The van der Waals surface area contributed by atoms with Crippen molar-refractivity contribution in [3.63, 3.8) is 0 Å². The number of nitrogens with two attached hydrogens (primary N) is 1. The van der Waals surface area contributed by atoms with Gasteiger partial charge in [0.2, 0.25) is 0 Å². The van der Waals surface area contributed by atoms with Crippen molar-refractivity contribution in [1.29, 1.82) is 0 Å². The fourth-order valence-electron chi connectivity index (χ4n) is 2.37. The van der Waals surface area contributed by atoms with Gasteiger partial charge in [-0.1, -0.05) is 6.42 Å². The molecule has 1 aliphatic rings. The van der Waals surface area contributed by atoms with Gasteiger partial charge in [-0.3, -0.25) is 4.40 Å². The molecule has 0 bridgehead atoms. The number of alkyl halides is 3. The van der Waals surface area contributed by atoms with Gasteiger partial charge in [-0.2, -0.15) is 13.2 Å². The van der Waals surface area contributed by atoms with Crippen molar-refractivity contribution in [3.05, 3.63) is 29.7 Å². The molecule has 0 spiro atoms. The summed E-state index contributed by atoms with van der Waals surface area (Å²) in [7, 11) is 0. The summed E-state index contributed by atoms with van der Waals surface area (Å²) in [6.45, 7) is 0.833. The maximum Gasteiger partial charge on any atom is 0.417 e. The predicted octanol–water partition coefficient (Wildman–Crippen LogP) is 2.57. The molecule has 0 radical (unpaired) electrons. The minimum absolute atomic E-state index is 0. The fraction of sp³-hybridized carbons (Fsp3) is 0.500. The number of fused-ring (bicyclic) bond motifs is 1. The Bertz CT molecular complexity index is 723. The van der Waals surface area contributed by atoms with Crippen molar-refractivity contribution in [3.8, 4) is 0 Å². The molecule has 1 aliphatic carbocycles. The number of halogens is 4. The third-order valence-corrected chi connectivity index (χ3v) is 3.99. The summed E-state index contributed by atoms with van der Waals surface area (Å²) in [5.41, 5.74) is 5.34. The van der Waals surface area contributed by atoms with Gasteiger partial charge in [0.05, 0.1) is 5.56 Å². The smallest absolute Gasteiger partial charge is 0.370 e. The summed E-state index contributed by atoms with van der Waals surface area (Å²) >= 11 is 0. The van der Waals surface area contributed by atoms with E-state index in [1.165, 1.54) is 29.7 Å². The normalized spacial score (nSPS) is 15.9. The molecular formula is C14H18F3IN6. The predicted molar refractivity (Wildman–Crippen MR) is 94.1 cm³/mol. The summed E-state index contributed by atoms with van der Waals surface area (Å²) in [6.07, 6.45) is 0.182. The van der Waals surface area contributed by atoms with E-state index in [9.17, 15) is 13.2 Å². The summed E-state index contributed by atoms with van der Waals surface area (Å²) < 4.78 is 39.6. The lowest BCUT2D eigenvalue weighted by Gasteiger charge is -2.25. The third kappa shape index (κ3) is 4.28. The van der Waals surface area contributed by atoms with E-state index in [-0.39, 0.29) is 36.5 Å². The topological polar surface area (TPSA) is 80.6 Å². The van der Waals surface area contributed by atoms with E-state index >= 15 is 0 Å². The lowest BCUT2D eigenvalue weighted by atomic mass is 9.85. The first-order valence-electron chi connectivity index (χ1n) is 7.38. The molecule has 0 saturated heterocycles. The quantitative estimate of drug-likeness (QED) is 0.423. The van der Waals surface area contributed by atoms with Crippen molar-refractivity contribution in [2.45, 2.75) is 32.0 Å². The van der Waals surface area contributed by atoms with Crippen molar-refractivity contribution in [1.82, 2.24) is 19.9 Å². The first-order valence-corrected chi connectivity index (χ1v) is 7.38. The second-order valence-electron chi connectivity index (χ2n) is 5.64. The standard InChI is InChI=1S/C14H17F3N6.HI/c15-14(16,17)10-4-5-11-21-22-12(23(11)8-10)7-20-13(18)19-6-9-2-1-3-9;/h4-5,8-9H,1-3,6-7H2,(H3,18,19,20);1H. The van der Waals surface area contributed by atoms with Crippen LogP contribution in [0.3, 0.4) is 0 Å². The van der Waals surface area contributed by atoms with Gasteiger partial charge < -0.3 is 11.1 Å². The molecule has 3 N–H and O–H groups in total. The fourth-order valence-corrected chi connectivity index (χ4v) is 2.37. The van der Waals surface area contributed by atoms with Gasteiger partial charge in [0, 0.05) is 12.7 Å². The summed E-state index contributed by atoms with van der Waals surface area (Å²) in [5, 5.41) is 10.7. The van der Waals surface area contributed by atoms with Crippen LogP contribution in [0.1, 0.15) is 30.7 Å². The van der Waals surface area contributed by atoms with Crippen LogP contribution in [0.15, 0.2) is 23.3 Å². The molecule has 2 aromatic heterocycles. The van der Waals surface area contributed by atoms with Gasteiger partial charge >= 0.3 is 6.18 Å². The number of rotatable bonds is 4. The lowest BCUT2D eigenvalue weighted by molar-refractivity contribution is -0.137. The number of aliphatic imine (C=N–C) groups is 1. The second kappa shape index (κ2) is 7.53. The van der Waals surface area contributed by atoms with E-state index < -0.39 is 11.7 Å². The molecule has 24 heavy (non-hydrogen) atoms. The Balaban J connectivity index is 0.00000208. The Morgan fingerprint density at radius 3 is 2.71 bits per heavy atom. The number of guanidine groups is 1. The van der Waals surface area contributed by atoms with E-state index in [4.69, 9.17) is 5.73 Å². The zero-order valence-electron chi connectivity index (χ0n) is 12.8. The van der Waals surface area contributed by atoms with E-state index in [2.05, 4.69) is 20.5 Å². The molecule has 1 saturated carbocycles. The van der Waals surface area contributed by atoms with Crippen LogP contribution in [-0.2, 0) is 12.7 Å². The van der Waals surface area contributed by atoms with Crippen LogP contribution in [0.5, 0.6) is 0 Å². The number of hydrogen-bond acceptors (Lipinski definition) is 3. The Morgan fingerprint density at radius 2 is 2.08 bits per heavy atom. The highest BCUT2D eigenvalue weighted by molar-refractivity contribution is 14.0. The SMILES string of the molecule is I.NC(=NCc1nnc2ccc(C(F)(F)F)cn12)NCC1CCC1. The number of nitrogens with one attached hydrogen (secondary N) is 1. The molecule has 6 nitrogen and oxygen atoms in total. The summed E-state index contributed by atoms with van der Waals surface area (Å²) in [6, 6.07) is 2.26. The Morgan fingerprint density at radius 1 is 1.33 bits per heavy atom. The minimum atomic E-state index is -4.41. The highest BCUT2D eigenvalue weighted by Gasteiger charge is 2.31. The number of hydrogen-bond donors (Lipinski definition) is 2. The zero-order valence-corrected chi connectivity index (χ0v) is 15.1. The maximum absolute atomic E-state index is 12.8. The Labute approximate surface area is 153 Å². The molecule has 2 aromatic rings. The first-order chi connectivity index (χ1) is 10.9. The molecular weight excluding hydrogens is 436 g/mol. The molecule has 1 fully saturated rings. The maximum atomic E-state index is 12.8. The van der Waals surface area contributed by atoms with Crippen molar-refractivity contribution >= 4 is 35.6 Å². The van der Waals surface area contributed by atoms with Crippen LogP contribution in [-0.4, -0.2) is 27.1 Å². The van der Waals surface area contributed by atoms with Crippen molar-refractivity contribution in [2.24, 2.45) is 16.6 Å². The highest BCUT2D eigenvalue weighted by atomic mass is 127. The number of aromatic nitrogens is 3. The van der Waals surface area contributed by atoms with Crippen LogP contribution in [0.4, 0.5) is 13.2 Å². The van der Waals surface area contributed by atoms with Gasteiger partial charge in [-0.15, -0.1) is 34.2 Å². The lowest BCUT2D eigenvalue weighted by Crippen LogP contribution is -2.37. The molecule has 0 amide bonds. The molecule has 0 atom stereocenters. The van der Waals surface area contributed by atoms with Crippen molar-refractivity contribution in [2.75, 3.05) is 6.54 Å². The van der Waals surface area contributed by atoms with Crippen LogP contribution in [0.25, 0.3) is 5.65 Å². The summed E-state index contributed by atoms with van der Waals surface area (Å²) in [4.78, 5) is 4.12. The van der Waals surface area contributed by atoms with E-state index in [0.29, 0.717) is 17.4 Å². The monoisotopic (exact) mass is 454 g/mol. The second-order valence-corrected chi connectivity index (χ2v) is 5.64. The summed E-state index contributed by atoms with van der Waals surface area (Å²) in [5.74, 6) is 1.20. The van der Waals surface area contributed by atoms with Crippen molar-refractivity contribution < 1.29 is 13.2 Å². The van der Waals surface area contributed by atoms with Crippen LogP contribution in [0.2, 0.25) is 0 Å². The molecule has 10 heteroatoms. The molecule has 2 heterocycles. The number of pyridine rings is 1. The first kappa shape index (κ1) is 18.7. The van der Waals surface area contributed by atoms with Gasteiger partial charge in [0.15, 0.2) is 17.4 Å². The number of nitrogens with zero attached hydrogens (tertiary/aromatic N) is 4. The average molecular weight is 454 g/mol.